The number of rotatable bonds is 0. The van der Waals surface area contributed by atoms with Crippen molar-refractivity contribution in [1.82, 2.24) is 9.97 Å². The van der Waals surface area contributed by atoms with Crippen LogP contribution in [-0.2, 0) is 11.2 Å². The molecule has 0 saturated carbocycles. The minimum Gasteiger partial charge on any atom is -0.368 e. The summed E-state index contributed by atoms with van der Waals surface area (Å²) < 4.78 is 0. The molecule has 0 saturated heterocycles. The molecule has 0 fully saturated rings. The van der Waals surface area contributed by atoms with Crippen LogP contribution >= 0.6 is 0 Å². The van der Waals surface area contributed by atoms with Crippen molar-refractivity contribution in [2.45, 2.75) is 6.42 Å². The van der Waals surface area contributed by atoms with Crippen LogP contribution < -0.4 is 11.1 Å². The lowest BCUT2D eigenvalue weighted by atomic mass is 10.1. The van der Waals surface area contributed by atoms with Gasteiger partial charge in [-0.1, -0.05) is 18.2 Å². The first-order valence-corrected chi connectivity index (χ1v) is 5.24. The lowest BCUT2D eigenvalue weighted by molar-refractivity contribution is -0.115. The van der Waals surface area contributed by atoms with Gasteiger partial charge in [0.15, 0.2) is 0 Å². The van der Waals surface area contributed by atoms with Gasteiger partial charge in [0.2, 0.25) is 11.9 Å². The van der Waals surface area contributed by atoms with Gasteiger partial charge < -0.3 is 11.1 Å². The average molecular weight is 226 g/mol. The summed E-state index contributed by atoms with van der Waals surface area (Å²) in [5.41, 5.74) is 8.75. The van der Waals surface area contributed by atoms with Gasteiger partial charge in [-0.2, -0.15) is 0 Å². The van der Waals surface area contributed by atoms with E-state index in [1.54, 1.807) is 6.20 Å². The number of hydrogen-bond donors (Lipinski definition) is 2. The van der Waals surface area contributed by atoms with Crippen molar-refractivity contribution in [3.8, 4) is 11.3 Å². The number of nitrogens with zero attached hydrogens (tertiary/aromatic N) is 2. The number of amides is 1. The molecule has 5 nitrogen and oxygen atoms in total. The number of nitrogen functional groups attached to an aromatic ring is 1. The highest BCUT2D eigenvalue weighted by molar-refractivity contribution is 5.99. The van der Waals surface area contributed by atoms with E-state index in [9.17, 15) is 4.79 Å². The molecule has 17 heavy (non-hydrogen) atoms. The molecule has 0 aliphatic carbocycles. The summed E-state index contributed by atoms with van der Waals surface area (Å²) in [7, 11) is 0. The molecule has 0 atom stereocenters. The Bertz CT molecular complexity index is 609. The maximum atomic E-state index is 11.7. The minimum atomic E-state index is -0.0652. The Hall–Kier alpha value is -2.43. The first kappa shape index (κ1) is 9.77. The van der Waals surface area contributed by atoms with Crippen molar-refractivity contribution >= 4 is 17.5 Å². The Morgan fingerprint density at radius 2 is 2.12 bits per heavy atom. The van der Waals surface area contributed by atoms with Crippen molar-refractivity contribution < 1.29 is 4.79 Å². The maximum absolute atomic E-state index is 11.7. The molecule has 1 amide bonds. The van der Waals surface area contributed by atoms with Gasteiger partial charge in [0, 0.05) is 17.3 Å². The molecule has 0 spiro atoms. The molecule has 1 aliphatic heterocycles. The predicted molar refractivity (Wildman–Crippen MR) is 64.2 cm³/mol. The monoisotopic (exact) mass is 226 g/mol. The summed E-state index contributed by atoms with van der Waals surface area (Å²) in [5.74, 6) is 0.150. The van der Waals surface area contributed by atoms with Crippen molar-refractivity contribution in [3.63, 3.8) is 0 Å². The molecule has 1 aromatic carbocycles. The zero-order valence-electron chi connectivity index (χ0n) is 8.97. The van der Waals surface area contributed by atoms with E-state index in [2.05, 4.69) is 15.3 Å². The summed E-state index contributed by atoms with van der Waals surface area (Å²) in [6, 6.07) is 7.53. The third-order valence-electron chi connectivity index (χ3n) is 2.69. The number of aromatic nitrogens is 2. The number of carbonyl (C=O) groups excluding carboxylic acids is 1. The lowest BCUT2D eigenvalue weighted by Gasteiger charge is -2.07. The fourth-order valence-corrected chi connectivity index (χ4v) is 1.95. The second-order valence-electron chi connectivity index (χ2n) is 3.87. The number of benzene rings is 1. The fraction of sp³-hybridized carbons (Fsp3) is 0.0833. The van der Waals surface area contributed by atoms with Crippen LogP contribution in [0.2, 0.25) is 0 Å². The van der Waals surface area contributed by atoms with Gasteiger partial charge in [-0.25, -0.2) is 9.97 Å². The van der Waals surface area contributed by atoms with E-state index in [0.717, 1.165) is 22.5 Å². The maximum Gasteiger partial charge on any atom is 0.228 e. The van der Waals surface area contributed by atoms with Crippen LogP contribution in [0.15, 0.2) is 30.5 Å². The van der Waals surface area contributed by atoms with Crippen LogP contribution in [0.3, 0.4) is 0 Å². The van der Waals surface area contributed by atoms with Crippen molar-refractivity contribution in [1.29, 1.82) is 0 Å². The van der Waals surface area contributed by atoms with Crippen LogP contribution in [0.25, 0.3) is 11.3 Å². The van der Waals surface area contributed by atoms with Gasteiger partial charge in [0.1, 0.15) is 0 Å². The first-order chi connectivity index (χ1) is 8.24. The normalized spacial score (nSPS) is 13.3. The van der Waals surface area contributed by atoms with Crippen LogP contribution in [0.5, 0.6) is 0 Å². The third kappa shape index (κ3) is 1.61. The Kier molecular flexibility index (Phi) is 2.04. The van der Waals surface area contributed by atoms with Crippen LogP contribution in [0.4, 0.5) is 11.6 Å². The summed E-state index contributed by atoms with van der Waals surface area (Å²) >= 11 is 0. The molecule has 1 aliphatic rings. The second-order valence-corrected chi connectivity index (χ2v) is 3.87. The van der Waals surface area contributed by atoms with Gasteiger partial charge in [0.05, 0.1) is 17.8 Å². The Balaban J connectivity index is 2.31. The topological polar surface area (TPSA) is 80.9 Å². The lowest BCUT2D eigenvalue weighted by Crippen LogP contribution is -2.12. The smallest absolute Gasteiger partial charge is 0.228 e. The van der Waals surface area contributed by atoms with Crippen molar-refractivity contribution in [3.05, 3.63) is 36.0 Å². The van der Waals surface area contributed by atoms with Gasteiger partial charge in [-0.3, -0.25) is 4.79 Å². The molecule has 5 heteroatoms. The number of hydrogen-bond acceptors (Lipinski definition) is 4. The number of para-hydroxylation sites is 1. The zero-order valence-corrected chi connectivity index (χ0v) is 8.97. The molecule has 2 heterocycles. The summed E-state index contributed by atoms with van der Waals surface area (Å²) in [6.07, 6.45) is 1.88. The van der Waals surface area contributed by atoms with Gasteiger partial charge in [-0.05, 0) is 6.07 Å². The number of carbonyl (C=O) groups is 1. The molecular weight excluding hydrogens is 216 g/mol. The molecule has 84 valence electrons. The van der Waals surface area contributed by atoms with E-state index in [-0.39, 0.29) is 18.3 Å². The standard InChI is InChI=1S/C12H10N4O/c13-12-14-6-7-5-10(17)15-9-4-2-1-3-8(9)11(7)16-12/h1-4,6H,5H2,(H,15,17)(H2,13,14,16). The summed E-state index contributed by atoms with van der Waals surface area (Å²) in [5, 5.41) is 2.84. The van der Waals surface area contributed by atoms with E-state index in [1.165, 1.54) is 0 Å². The second kappa shape index (κ2) is 3.55. The van der Waals surface area contributed by atoms with E-state index in [4.69, 9.17) is 5.73 Å². The van der Waals surface area contributed by atoms with E-state index in [1.807, 2.05) is 24.3 Å². The highest BCUT2D eigenvalue weighted by atomic mass is 16.1. The molecule has 0 bridgehead atoms. The highest BCUT2D eigenvalue weighted by Gasteiger charge is 2.19. The quantitative estimate of drug-likeness (QED) is 0.707. The van der Waals surface area contributed by atoms with Crippen molar-refractivity contribution in [2.24, 2.45) is 0 Å². The average Bonchev–Trinajstić information content (AvgIpc) is 2.45. The number of nitrogens with one attached hydrogen (secondary N) is 1. The summed E-state index contributed by atoms with van der Waals surface area (Å²) in [4.78, 5) is 19.8. The van der Waals surface area contributed by atoms with Gasteiger partial charge in [-0.15, -0.1) is 0 Å². The predicted octanol–water partition coefficient (Wildman–Crippen LogP) is 1.22. The van der Waals surface area contributed by atoms with Gasteiger partial charge >= 0.3 is 0 Å². The zero-order chi connectivity index (χ0) is 11.8. The molecule has 0 unspecified atom stereocenters. The van der Waals surface area contributed by atoms with E-state index in [0.29, 0.717) is 0 Å². The molecule has 0 radical (unpaired) electrons. The molecule has 3 rings (SSSR count). The largest absolute Gasteiger partial charge is 0.368 e. The first-order valence-electron chi connectivity index (χ1n) is 5.24. The van der Waals surface area contributed by atoms with Crippen LogP contribution in [-0.4, -0.2) is 15.9 Å². The number of anilines is 2. The number of nitrogens with two attached hydrogens (primary N) is 1. The Morgan fingerprint density at radius 1 is 1.29 bits per heavy atom. The third-order valence-corrected chi connectivity index (χ3v) is 2.69. The Labute approximate surface area is 97.7 Å². The molecule has 1 aromatic heterocycles. The van der Waals surface area contributed by atoms with Crippen molar-refractivity contribution in [2.75, 3.05) is 11.1 Å². The summed E-state index contributed by atoms with van der Waals surface area (Å²) in [6.45, 7) is 0. The van der Waals surface area contributed by atoms with Crippen LogP contribution in [0.1, 0.15) is 5.56 Å². The minimum absolute atomic E-state index is 0.0652. The van der Waals surface area contributed by atoms with Crippen LogP contribution in [0, 0.1) is 0 Å². The number of fused-ring (bicyclic) bond motifs is 3. The SMILES string of the molecule is Nc1ncc2c(n1)-c1ccccc1NC(=O)C2. The van der Waals surface area contributed by atoms with E-state index < -0.39 is 0 Å². The molecule has 2 aromatic rings. The fourth-order valence-electron chi connectivity index (χ4n) is 1.95. The molecule has 3 N–H and O–H groups in total. The van der Waals surface area contributed by atoms with Gasteiger partial charge in [0.25, 0.3) is 0 Å². The highest BCUT2D eigenvalue weighted by Crippen LogP contribution is 2.31. The Morgan fingerprint density at radius 3 is 3.00 bits per heavy atom. The van der Waals surface area contributed by atoms with E-state index >= 15 is 0 Å². The molecular formula is C12H10N4O.